The van der Waals surface area contributed by atoms with Gasteiger partial charge in [-0.05, 0) is 36.2 Å². The number of benzene rings is 2. The molecule has 0 fully saturated rings. The Labute approximate surface area is 168 Å². The van der Waals surface area contributed by atoms with Gasteiger partial charge < -0.3 is 4.98 Å². The lowest BCUT2D eigenvalue weighted by atomic mass is 10.1. The zero-order valence-corrected chi connectivity index (χ0v) is 16.6. The molecule has 1 heterocycles. The SMILES string of the molecule is CCCCCC(=O)NNC(=O)c1ccc(CSc2nc3ccccc3[nH]2)cc1. The number of hydrazine groups is 1. The number of thioether (sulfide) groups is 1. The number of hydrogen-bond donors (Lipinski definition) is 3. The molecule has 28 heavy (non-hydrogen) atoms. The molecule has 0 unspecified atom stereocenters. The molecule has 146 valence electrons. The van der Waals surface area contributed by atoms with Crippen LogP contribution in [0, 0.1) is 0 Å². The molecule has 1 aromatic heterocycles. The second kappa shape index (κ2) is 9.94. The van der Waals surface area contributed by atoms with Gasteiger partial charge in [-0.25, -0.2) is 4.98 Å². The fourth-order valence-electron chi connectivity index (χ4n) is 2.70. The minimum atomic E-state index is -0.319. The maximum atomic E-state index is 12.1. The van der Waals surface area contributed by atoms with Crippen LogP contribution in [0.3, 0.4) is 0 Å². The monoisotopic (exact) mass is 396 g/mol. The molecule has 0 saturated carbocycles. The standard InChI is InChI=1S/C21H24N4O2S/c1-2-3-4-9-19(26)24-25-20(27)16-12-10-15(11-13-16)14-28-21-22-17-7-5-6-8-18(17)23-21/h5-8,10-13H,2-4,9,14H2,1H3,(H,22,23)(H,24,26)(H,25,27). The van der Waals surface area contributed by atoms with E-state index in [1.165, 1.54) is 0 Å². The summed E-state index contributed by atoms with van der Waals surface area (Å²) in [5, 5.41) is 0.869. The van der Waals surface area contributed by atoms with E-state index in [0.717, 1.165) is 46.8 Å². The molecule has 0 bridgehead atoms. The first-order valence-corrected chi connectivity index (χ1v) is 10.4. The predicted molar refractivity (Wildman–Crippen MR) is 112 cm³/mol. The number of para-hydroxylation sites is 2. The van der Waals surface area contributed by atoms with Crippen molar-refractivity contribution in [2.45, 2.75) is 43.5 Å². The molecular formula is C21H24N4O2S. The Morgan fingerprint density at radius 2 is 1.82 bits per heavy atom. The molecule has 0 spiro atoms. The summed E-state index contributed by atoms with van der Waals surface area (Å²) in [6.07, 6.45) is 3.32. The van der Waals surface area contributed by atoms with Crippen molar-refractivity contribution in [2.75, 3.05) is 0 Å². The molecule has 0 aliphatic carbocycles. The molecule has 7 heteroatoms. The molecule has 2 amide bonds. The van der Waals surface area contributed by atoms with Gasteiger partial charge in [0.15, 0.2) is 5.16 Å². The van der Waals surface area contributed by atoms with Crippen molar-refractivity contribution in [3.05, 3.63) is 59.7 Å². The molecule has 0 aliphatic rings. The van der Waals surface area contributed by atoms with E-state index in [9.17, 15) is 9.59 Å². The molecule has 0 atom stereocenters. The number of carbonyl (C=O) groups is 2. The fraction of sp³-hybridized carbons (Fsp3) is 0.286. The molecular weight excluding hydrogens is 372 g/mol. The number of rotatable bonds is 8. The van der Waals surface area contributed by atoms with Crippen molar-refractivity contribution in [1.82, 2.24) is 20.8 Å². The Morgan fingerprint density at radius 3 is 2.57 bits per heavy atom. The Kier molecular flexibility index (Phi) is 7.08. The molecule has 3 N–H and O–H groups in total. The van der Waals surface area contributed by atoms with E-state index in [-0.39, 0.29) is 11.8 Å². The minimum Gasteiger partial charge on any atom is -0.333 e. The number of hydrogen-bond acceptors (Lipinski definition) is 4. The van der Waals surface area contributed by atoms with Gasteiger partial charge in [-0.2, -0.15) is 0 Å². The van der Waals surface area contributed by atoms with Crippen LogP contribution in [0.2, 0.25) is 0 Å². The van der Waals surface area contributed by atoms with Crippen molar-refractivity contribution in [3.8, 4) is 0 Å². The summed E-state index contributed by atoms with van der Waals surface area (Å²) >= 11 is 1.61. The van der Waals surface area contributed by atoms with Gasteiger partial charge in [-0.1, -0.05) is 55.8 Å². The molecule has 0 aliphatic heterocycles. The highest BCUT2D eigenvalue weighted by Crippen LogP contribution is 2.23. The van der Waals surface area contributed by atoms with Crippen molar-refractivity contribution in [3.63, 3.8) is 0 Å². The van der Waals surface area contributed by atoms with Gasteiger partial charge in [0.1, 0.15) is 0 Å². The fourth-order valence-corrected chi connectivity index (χ4v) is 3.54. The summed E-state index contributed by atoms with van der Waals surface area (Å²) in [6.45, 7) is 2.08. The van der Waals surface area contributed by atoms with Crippen molar-refractivity contribution >= 4 is 34.6 Å². The van der Waals surface area contributed by atoms with E-state index < -0.39 is 0 Å². The number of aromatic nitrogens is 2. The van der Waals surface area contributed by atoms with Crippen LogP contribution in [0.25, 0.3) is 11.0 Å². The highest BCUT2D eigenvalue weighted by molar-refractivity contribution is 7.98. The third-order valence-electron chi connectivity index (χ3n) is 4.28. The first-order chi connectivity index (χ1) is 13.7. The maximum Gasteiger partial charge on any atom is 0.269 e. The molecule has 3 aromatic rings. The largest absolute Gasteiger partial charge is 0.333 e. The van der Waals surface area contributed by atoms with Gasteiger partial charge in [0.2, 0.25) is 5.91 Å². The minimum absolute atomic E-state index is 0.166. The summed E-state index contributed by atoms with van der Waals surface area (Å²) in [5.41, 5.74) is 8.49. The van der Waals surface area contributed by atoms with Crippen molar-refractivity contribution < 1.29 is 9.59 Å². The van der Waals surface area contributed by atoms with Gasteiger partial charge >= 0.3 is 0 Å². The van der Waals surface area contributed by atoms with E-state index in [4.69, 9.17) is 0 Å². The van der Waals surface area contributed by atoms with Gasteiger partial charge in [0.05, 0.1) is 11.0 Å². The lowest BCUT2D eigenvalue weighted by Crippen LogP contribution is -2.41. The molecule has 6 nitrogen and oxygen atoms in total. The highest BCUT2D eigenvalue weighted by atomic mass is 32.2. The number of carbonyl (C=O) groups excluding carboxylic acids is 2. The molecule has 0 radical (unpaired) electrons. The summed E-state index contributed by atoms with van der Waals surface area (Å²) < 4.78 is 0. The smallest absolute Gasteiger partial charge is 0.269 e. The number of nitrogens with zero attached hydrogens (tertiary/aromatic N) is 1. The third kappa shape index (κ3) is 5.60. The number of amides is 2. The Bertz CT molecular complexity index is 904. The summed E-state index contributed by atoms with van der Waals surface area (Å²) in [6, 6.07) is 15.3. The second-order valence-electron chi connectivity index (χ2n) is 6.50. The molecule has 3 rings (SSSR count). The van der Waals surface area contributed by atoms with Crippen LogP contribution in [-0.2, 0) is 10.5 Å². The van der Waals surface area contributed by atoms with Gasteiger partial charge in [-0.15, -0.1) is 0 Å². The summed E-state index contributed by atoms with van der Waals surface area (Å²) in [5.74, 6) is 0.261. The van der Waals surface area contributed by atoms with Crippen LogP contribution < -0.4 is 10.9 Å². The van der Waals surface area contributed by atoms with Crippen LogP contribution >= 0.6 is 11.8 Å². The summed E-state index contributed by atoms with van der Waals surface area (Å²) in [4.78, 5) is 31.6. The van der Waals surface area contributed by atoms with E-state index >= 15 is 0 Å². The normalized spacial score (nSPS) is 10.8. The van der Waals surface area contributed by atoms with Gasteiger partial charge in [0, 0.05) is 17.7 Å². The number of H-pyrrole nitrogens is 1. The second-order valence-corrected chi connectivity index (χ2v) is 7.47. The number of aromatic amines is 1. The molecule has 2 aromatic carbocycles. The van der Waals surface area contributed by atoms with Crippen LogP contribution in [0.1, 0.15) is 48.5 Å². The van der Waals surface area contributed by atoms with Crippen LogP contribution in [-0.4, -0.2) is 21.8 Å². The van der Waals surface area contributed by atoms with Crippen molar-refractivity contribution in [2.24, 2.45) is 0 Å². The van der Waals surface area contributed by atoms with Gasteiger partial charge in [0.25, 0.3) is 5.91 Å². The Morgan fingerprint density at radius 1 is 1.04 bits per heavy atom. The Balaban J connectivity index is 1.47. The summed E-state index contributed by atoms with van der Waals surface area (Å²) in [7, 11) is 0. The highest BCUT2D eigenvalue weighted by Gasteiger charge is 2.08. The first-order valence-electron chi connectivity index (χ1n) is 9.41. The van der Waals surface area contributed by atoms with Crippen LogP contribution in [0.5, 0.6) is 0 Å². The lowest BCUT2D eigenvalue weighted by molar-refractivity contribution is -0.121. The van der Waals surface area contributed by atoms with Crippen LogP contribution in [0.15, 0.2) is 53.7 Å². The average molecular weight is 397 g/mol. The molecule has 0 saturated heterocycles. The maximum absolute atomic E-state index is 12.1. The number of fused-ring (bicyclic) bond motifs is 1. The number of nitrogens with one attached hydrogen (secondary N) is 3. The van der Waals surface area contributed by atoms with Crippen LogP contribution in [0.4, 0.5) is 0 Å². The number of unbranched alkanes of at least 4 members (excludes halogenated alkanes) is 2. The average Bonchev–Trinajstić information content (AvgIpc) is 3.14. The zero-order valence-electron chi connectivity index (χ0n) is 15.8. The zero-order chi connectivity index (χ0) is 19.8. The van der Waals surface area contributed by atoms with Crippen molar-refractivity contribution in [1.29, 1.82) is 0 Å². The lowest BCUT2D eigenvalue weighted by Gasteiger charge is -2.08. The van der Waals surface area contributed by atoms with E-state index in [2.05, 4.69) is 27.7 Å². The topological polar surface area (TPSA) is 86.9 Å². The third-order valence-corrected chi connectivity index (χ3v) is 5.23. The quantitative estimate of drug-likeness (QED) is 0.303. The predicted octanol–water partition coefficient (Wildman–Crippen LogP) is 4.20. The van der Waals surface area contributed by atoms with Gasteiger partial charge in [-0.3, -0.25) is 20.4 Å². The first kappa shape index (κ1) is 19.9. The van der Waals surface area contributed by atoms with E-state index in [1.807, 2.05) is 36.4 Å². The van der Waals surface area contributed by atoms with E-state index in [1.54, 1.807) is 23.9 Å². The van der Waals surface area contributed by atoms with E-state index in [0.29, 0.717) is 12.0 Å². The Hall–Kier alpha value is -2.80. The number of imidazole rings is 1.